The molecule has 2 aliphatic carbocycles. The second-order valence-corrected chi connectivity index (χ2v) is 6.15. The molecule has 0 spiro atoms. The van der Waals surface area contributed by atoms with E-state index in [2.05, 4.69) is 13.8 Å². The molecule has 0 aromatic rings. The highest BCUT2D eigenvalue weighted by atomic mass is 16.7. The lowest BCUT2D eigenvalue weighted by atomic mass is 9.50. The third-order valence-electron chi connectivity index (χ3n) is 5.18. The first-order valence-corrected chi connectivity index (χ1v) is 6.64. The Balaban J connectivity index is 2.18. The molecule has 2 aliphatic rings. The Morgan fingerprint density at radius 2 is 2.12 bits per heavy atom. The molecule has 0 heterocycles. The summed E-state index contributed by atoms with van der Waals surface area (Å²) in [5.74, 6) is 0.428. The summed E-state index contributed by atoms with van der Waals surface area (Å²) in [6.45, 7) is 4.94. The van der Waals surface area contributed by atoms with Crippen LogP contribution in [-0.4, -0.2) is 25.8 Å². The van der Waals surface area contributed by atoms with Gasteiger partial charge < -0.3 is 9.47 Å². The van der Waals surface area contributed by atoms with Crippen LogP contribution in [0.25, 0.3) is 0 Å². The van der Waals surface area contributed by atoms with E-state index in [1.807, 2.05) is 0 Å². The number of rotatable bonds is 3. The van der Waals surface area contributed by atoms with Crippen LogP contribution in [0.2, 0.25) is 0 Å². The maximum absolute atomic E-state index is 11.7. The van der Waals surface area contributed by atoms with Gasteiger partial charge in [-0.2, -0.15) is 0 Å². The largest absolute Gasteiger partial charge is 0.359 e. The van der Waals surface area contributed by atoms with E-state index in [0.717, 1.165) is 38.5 Å². The minimum absolute atomic E-state index is 0.124. The van der Waals surface area contributed by atoms with Gasteiger partial charge in [0.15, 0.2) is 0 Å². The molecule has 0 bridgehead atoms. The summed E-state index contributed by atoms with van der Waals surface area (Å²) in [5.41, 5.74) is 0.261. The second kappa shape index (κ2) is 4.69. The fraction of sp³-hybridized carbons (Fsp3) is 0.929. The molecule has 0 unspecified atom stereocenters. The summed E-state index contributed by atoms with van der Waals surface area (Å²) in [6.07, 6.45) is 6.08. The number of hydrogen-bond acceptors (Lipinski definition) is 3. The van der Waals surface area contributed by atoms with Crippen LogP contribution < -0.4 is 0 Å². The summed E-state index contributed by atoms with van der Waals surface area (Å²) in [7, 11) is 1.66. The second-order valence-electron chi connectivity index (χ2n) is 6.15. The minimum atomic E-state index is 0.124. The van der Waals surface area contributed by atoms with Gasteiger partial charge in [0, 0.05) is 25.4 Å². The summed E-state index contributed by atoms with van der Waals surface area (Å²) < 4.78 is 10.9. The van der Waals surface area contributed by atoms with Crippen molar-refractivity contribution >= 4 is 5.78 Å². The van der Waals surface area contributed by atoms with E-state index in [9.17, 15) is 4.79 Å². The number of methoxy groups -OCH3 is 1. The van der Waals surface area contributed by atoms with Crippen molar-refractivity contribution in [1.82, 2.24) is 0 Å². The molecule has 0 amide bonds. The summed E-state index contributed by atoms with van der Waals surface area (Å²) >= 11 is 0. The lowest BCUT2D eigenvalue weighted by Crippen LogP contribution is -2.54. The summed E-state index contributed by atoms with van der Waals surface area (Å²) in [6, 6.07) is 0. The normalized spacial score (nSPS) is 42.3. The van der Waals surface area contributed by atoms with Gasteiger partial charge in [-0.25, -0.2) is 0 Å². The van der Waals surface area contributed by atoms with Gasteiger partial charge in [-0.1, -0.05) is 20.3 Å². The first-order chi connectivity index (χ1) is 8.02. The fourth-order valence-electron chi connectivity index (χ4n) is 3.76. The van der Waals surface area contributed by atoms with Gasteiger partial charge >= 0.3 is 0 Å². The van der Waals surface area contributed by atoms with Gasteiger partial charge in [-0.3, -0.25) is 4.79 Å². The molecule has 0 N–H and O–H groups in total. The van der Waals surface area contributed by atoms with E-state index < -0.39 is 0 Å². The highest BCUT2D eigenvalue weighted by molar-refractivity contribution is 5.80. The molecule has 0 aromatic heterocycles. The maximum Gasteiger partial charge on any atom is 0.146 e. The molecule has 3 nitrogen and oxygen atoms in total. The number of hydrogen-bond donors (Lipinski definition) is 0. The van der Waals surface area contributed by atoms with Crippen LogP contribution in [0.1, 0.15) is 52.4 Å². The molecule has 0 saturated heterocycles. The summed E-state index contributed by atoms with van der Waals surface area (Å²) in [5, 5.41) is 0. The number of Topliss-reactive ketones (excluding diaryl/α,β-unsaturated/α-hetero) is 1. The van der Waals surface area contributed by atoms with E-state index in [-0.39, 0.29) is 16.9 Å². The van der Waals surface area contributed by atoms with Crippen molar-refractivity contribution in [2.45, 2.75) is 58.5 Å². The third-order valence-corrected chi connectivity index (χ3v) is 5.18. The third kappa shape index (κ3) is 2.15. The van der Waals surface area contributed by atoms with Crippen molar-refractivity contribution in [2.75, 3.05) is 13.9 Å². The Kier molecular flexibility index (Phi) is 3.60. The van der Waals surface area contributed by atoms with E-state index in [4.69, 9.17) is 9.47 Å². The molecule has 2 saturated carbocycles. The average molecular weight is 240 g/mol. The van der Waals surface area contributed by atoms with Gasteiger partial charge in [-0.15, -0.1) is 0 Å². The minimum Gasteiger partial charge on any atom is -0.359 e. The first-order valence-electron chi connectivity index (χ1n) is 6.64. The van der Waals surface area contributed by atoms with Crippen molar-refractivity contribution in [2.24, 2.45) is 10.8 Å². The van der Waals surface area contributed by atoms with Gasteiger partial charge in [0.25, 0.3) is 0 Å². The van der Waals surface area contributed by atoms with Gasteiger partial charge in [-0.05, 0) is 24.7 Å². The predicted octanol–water partition coefficient (Wildman–Crippen LogP) is 2.93. The fourth-order valence-corrected chi connectivity index (χ4v) is 3.76. The van der Waals surface area contributed by atoms with E-state index in [0.29, 0.717) is 12.6 Å². The van der Waals surface area contributed by atoms with Crippen LogP contribution in [0.15, 0.2) is 0 Å². The van der Waals surface area contributed by atoms with Crippen molar-refractivity contribution in [3.63, 3.8) is 0 Å². The zero-order valence-electron chi connectivity index (χ0n) is 11.3. The standard InChI is InChI=1S/C14H24O3/c1-13-7-4-5-12(17-10-16-3)14(13,2)8-6-11(15)9-13/h12H,4-10H2,1-3H3/t12-,13+,14+/m1/s1. The molecule has 0 aromatic carbocycles. The Labute approximate surface area is 104 Å². The Bertz CT molecular complexity index is 302. The van der Waals surface area contributed by atoms with Crippen LogP contribution in [0.5, 0.6) is 0 Å². The van der Waals surface area contributed by atoms with Gasteiger partial charge in [0.2, 0.25) is 0 Å². The smallest absolute Gasteiger partial charge is 0.146 e. The monoisotopic (exact) mass is 240 g/mol. The number of fused-ring (bicyclic) bond motifs is 1. The van der Waals surface area contributed by atoms with Crippen molar-refractivity contribution < 1.29 is 14.3 Å². The molecule has 3 atom stereocenters. The Morgan fingerprint density at radius 1 is 1.35 bits per heavy atom. The Hall–Kier alpha value is -0.410. The highest BCUT2D eigenvalue weighted by Crippen LogP contribution is 2.58. The van der Waals surface area contributed by atoms with Crippen LogP contribution in [0.4, 0.5) is 0 Å². The van der Waals surface area contributed by atoms with E-state index in [1.165, 1.54) is 0 Å². The van der Waals surface area contributed by atoms with E-state index >= 15 is 0 Å². The highest BCUT2D eigenvalue weighted by Gasteiger charge is 2.54. The number of ether oxygens (including phenoxy) is 2. The average Bonchev–Trinajstić information content (AvgIpc) is 2.28. The molecule has 3 heteroatoms. The SMILES string of the molecule is COCO[C@@H]1CCC[C@@]2(C)CC(=O)CC[C@@]12C. The van der Waals surface area contributed by atoms with Crippen LogP contribution in [-0.2, 0) is 14.3 Å². The molecule has 2 fully saturated rings. The number of carbonyl (C=O) groups is 1. The molecule has 0 aliphatic heterocycles. The quantitative estimate of drug-likeness (QED) is 0.711. The molecule has 2 rings (SSSR count). The van der Waals surface area contributed by atoms with Crippen LogP contribution in [0.3, 0.4) is 0 Å². The van der Waals surface area contributed by atoms with Gasteiger partial charge in [0.05, 0.1) is 6.10 Å². The van der Waals surface area contributed by atoms with Gasteiger partial charge in [0.1, 0.15) is 12.6 Å². The lowest BCUT2D eigenvalue weighted by molar-refractivity contribution is -0.184. The van der Waals surface area contributed by atoms with Crippen molar-refractivity contribution in [3.8, 4) is 0 Å². The van der Waals surface area contributed by atoms with Crippen molar-refractivity contribution in [1.29, 1.82) is 0 Å². The predicted molar refractivity (Wildman–Crippen MR) is 65.7 cm³/mol. The molecular formula is C14H24O3. The summed E-state index contributed by atoms with van der Waals surface area (Å²) in [4.78, 5) is 11.7. The number of ketones is 1. The Morgan fingerprint density at radius 3 is 2.82 bits per heavy atom. The number of carbonyl (C=O) groups excluding carboxylic acids is 1. The maximum atomic E-state index is 11.7. The zero-order valence-corrected chi connectivity index (χ0v) is 11.3. The van der Waals surface area contributed by atoms with Crippen LogP contribution in [0, 0.1) is 10.8 Å². The van der Waals surface area contributed by atoms with E-state index in [1.54, 1.807) is 7.11 Å². The molecular weight excluding hydrogens is 216 g/mol. The van der Waals surface area contributed by atoms with Crippen LogP contribution >= 0.6 is 0 Å². The zero-order chi connectivity index (χ0) is 12.5. The topological polar surface area (TPSA) is 35.5 Å². The first kappa shape index (κ1) is 13.0. The molecule has 98 valence electrons. The van der Waals surface area contributed by atoms with Crippen molar-refractivity contribution in [3.05, 3.63) is 0 Å². The molecule has 17 heavy (non-hydrogen) atoms. The molecule has 0 radical (unpaired) electrons. The lowest BCUT2D eigenvalue weighted by Gasteiger charge is -2.56.